The molecule has 13 heavy (non-hydrogen) atoms. The van der Waals surface area contributed by atoms with Crippen LogP contribution in [0.3, 0.4) is 0 Å². The Morgan fingerprint density at radius 3 is 2.92 bits per heavy atom. The second-order valence-electron chi connectivity index (χ2n) is 2.65. The molecule has 0 unspecified atom stereocenters. The highest BCUT2D eigenvalue weighted by Crippen LogP contribution is 2.24. The standard InChI is InChI=1S/C8H6NO2S2/c1-13(10,11)8-9-6-4-2-3-5-7(6)12-8/h3-5H,1H3. The van der Waals surface area contributed by atoms with E-state index in [-0.39, 0.29) is 4.34 Å². The lowest BCUT2D eigenvalue weighted by atomic mass is 10.3. The SMILES string of the molecule is CS(=O)(=O)c1nc2c[c]ccc2s1. The van der Waals surface area contributed by atoms with Crippen molar-refractivity contribution < 1.29 is 8.42 Å². The molecule has 1 radical (unpaired) electrons. The first-order valence-corrected chi connectivity index (χ1v) is 6.25. The van der Waals surface area contributed by atoms with E-state index in [0.717, 1.165) is 11.0 Å². The molecule has 0 bridgehead atoms. The van der Waals surface area contributed by atoms with E-state index < -0.39 is 9.84 Å². The summed E-state index contributed by atoms with van der Waals surface area (Å²) in [6.45, 7) is 0. The van der Waals surface area contributed by atoms with Crippen LogP contribution in [0.25, 0.3) is 10.2 Å². The second kappa shape index (κ2) is 2.78. The van der Waals surface area contributed by atoms with E-state index in [1.807, 2.05) is 6.07 Å². The van der Waals surface area contributed by atoms with Crippen molar-refractivity contribution in [1.82, 2.24) is 4.98 Å². The molecule has 3 nitrogen and oxygen atoms in total. The molecule has 0 amide bonds. The summed E-state index contributed by atoms with van der Waals surface area (Å²) in [6.07, 6.45) is 1.16. The summed E-state index contributed by atoms with van der Waals surface area (Å²) >= 11 is 1.19. The molecule has 0 atom stereocenters. The van der Waals surface area contributed by atoms with Gasteiger partial charge in [-0.15, -0.1) is 11.3 Å². The first-order chi connectivity index (χ1) is 6.07. The van der Waals surface area contributed by atoms with Crippen LogP contribution in [0.5, 0.6) is 0 Å². The van der Waals surface area contributed by atoms with Gasteiger partial charge in [-0.05, 0) is 18.2 Å². The van der Waals surface area contributed by atoms with Crippen molar-refractivity contribution in [1.29, 1.82) is 0 Å². The highest BCUT2D eigenvalue weighted by molar-refractivity contribution is 7.92. The zero-order valence-corrected chi connectivity index (χ0v) is 8.45. The molecule has 67 valence electrons. The summed E-state index contributed by atoms with van der Waals surface area (Å²) in [5.41, 5.74) is 0.688. The third kappa shape index (κ3) is 1.57. The minimum Gasteiger partial charge on any atom is -0.225 e. The lowest BCUT2D eigenvalue weighted by molar-refractivity contribution is 0.601. The topological polar surface area (TPSA) is 47.0 Å². The highest BCUT2D eigenvalue weighted by atomic mass is 32.2. The van der Waals surface area contributed by atoms with Gasteiger partial charge in [0.2, 0.25) is 14.2 Å². The maximum absolute atomic E-state index is 11.1. The summed E-state index contributed by atoms with van der Waals surface area (Å²) in [5, 5.41) is 0. The van der Waals surface area contributed by atoms with Gasteiger partial charge in [-0.3, -0.25) is 0 Å². The van der Waals surface area contributed by atoms with Crippen LogP contribution in [-0.2, 0) is 9.84 Å². The maximum atomic E-state index is 11.1. The van der Waals surface area contributed by atoms with Gasteiger partial charge in [0, 0.05) is 6.26 Å². The van der Waals surface area contributed by atoms with Crippen LogP contribution < -0.4 is 0 Å². The fraction of sp³-hybridized carbons (Fsp3) is 0.125. The predicted molar refractivity (Wildman–Crippen MR) is 51.6 cm³/mol. The number of hydrogen-bond acceptors (Lipinski definition) is 4. The summed E-state index contributed by atoms with van der Waals surface area (Å²) in [7, 11) is -3.17. The Labute approximate surface area is 80.0 Å². The van der Waals surface area contributed by atoms with Crippen LogP contribution in [0.1, 0.15) is 0 Å². The summed E-state index contributed by atoms with van der Waals surface area (Å²) in [4.78, 5) is 3.98. The molecule has 0 spiro atoms. The van der Waals surface area contributed by atoms with Gasteiger partial charge in [0.15, 0.2) is 0 Å². The molecule has 0 saturated heterocycles. The van der Waals surface area contributed by atoms with Gasteiger partial charge in [-0.1, -0.05) is 6.07 Å². The Bertz CT molecular complexity index is 509. The average molecular weight is 212 g/mol. The van der Waals surface area contributed by atoms with Crippen molar-refractivity contribution in [2.24, 2.45) is 0 Å². The molecular weight excluding hydrogens is 206 g/mol. The van der Waals surface area contributed by atoms with E-state index >= 15 is 0 Å². The molecular formula is C8H6NO2S2. The number of aromatic nitrogens is 1. The molecule has 0 aliphatic carbocycles. The first kappa shape index (κ1) is 8.65. The fourth-order valence-electron chi connectivity index (χ4n) is 0.955. The lowest BCUT2D eigenvalue weighted by Gasteiger charge is -1.85. The Balaban J connectivity index is 2.77. The Morgan fingerprint density at radius 1 is 1.54 bits per heavy atom. The van der Waals surface area contributed by atoms with Gasteiger partial charge in [-0.2, -0.15) is 0 Å². The summed E-state index contributed by atoms with van der Waals surface area (Å²) < 4.78 is 23.3. The molecule has 0 saturated carbocycles. The Kier molecular flexibility index (Phi) is 1.85. The third-order valence-electron chi connectivity index (χ3n) is 1.53. The van der Waals surface area contributed by atoms with Crippen molar-refractivity contribution in [2.75, 3.05) is 6.26 Å². The van der Waals surface area contributed by atoms with E-state index in [9.17, 15) is 8.42 Å². The van der Waals surface area contributed by atoms with Gasteiger partial charge in [0.05, 0.1) is 10.2 Å². The van der Waals surface area contributed by atoms with Crippen molar-refractivity contribution in [3.63, 3.8) is 0 Å². The maximum Gasteiger partial charge on any atom is 0.210 e. The molecule has 1 aromatic heterocycles. The van der Waals surface area contributed by atoms with Crippen LogP contribution >= 0.6 is 11.3 Å². The van der Waals surface area contributed by atoms with Crippen LogP contribution in [0.2, 0.25) is 0 Å². The van der Waals surface area contributed by atoms with Crippen LogP contribution in [0.15, 0.2) is 22.5 Å². The zero-order valence-electron chi connectivity index (χ0n) is 6.81. The molecule has 1 aromatic carbocycles. The zero-order chi connectivity index (χ0) is 9.47. The lowest BCUT2D eigenvalue weighted by Crippen LogP contribution is -1.94. The first-order valence-electron chi connectivity index (χ1n) is 3.54. The van der Waals surface area contributed by atoms with Crippen molar-refractivity contribution in [3.8, 4) is 0 Å². The molecule has 0 N–H and O–H groups in total. The quantitative estimate of drug-likeness (QED) is 0.719. The van der Waals surface area contributed by atoms with Gasteiger partial charge in [0.25, 0.3) is 0 Å². The minimum absolute atomic E-state index is 0.169. The number of benzene rings is 1. The normalized spacial score (nSPS) is 12.1. The van der Waals surface area contributed by atoms with E-state index in [4.69, 9.17) is 0 Å². The highest BCUT2D eigenvalue weighted by Gasteiger charge is 2.12. The minimum atomic E-state index is -3.17. The van der Waals surface area contributed by atoms with Gasteiger partial charge in [0.1, 0.15) is 0 Å². The van der Waals surface area contributed by atoms with Gasteiger partial charge in [-0.25, -0.2) is 13.4 Å². The fourth-order valence-corrected chi connectivity index (χ4v) is 2.77. The molecule has 5 heteroatoms. The molecule has 1 heterocycles. The molecule has 2 aromatic rings. The smallest absolute Gasteiger partial charge is 0.210 e. The number of sulfone groups is 1. The second-order valence-corrected chi connectivity index (χ2v) is 5.87. The number of fused-ring (bicyclic) bond motifs is 1. The number of thiazole rings is 1. The van der Waals surface area contributed by atoms with Crippen LogP contribution in [-0.4, -0.2) is 19.7 Å². The monoisotopic (exact) mass is 212 g/mol. The third-order valence-corrected chi connectivity index (χ3v) is 4.24. The molecule has 0 aliphatic rings. The van der Waals surface area contributed by atoms with Crippen molar-refractivity contribution >= 4 is 31.4 Å². The number of hydrogen-bond donors (Lipinski definition) is 0. The molecule has 2 rings (SSSR count). The van der Waals surface area contributed by atoms with Crippen molar-refractivity contribution in [3.05, 3.63) is 24.3 Å². The summed E-state index contributed by atoms with van der Waals surface area (Å²) in [5.74, 6) is 0. The Hall–Kier alpha value is -0.940. The van der Waals surface area contributed by atoms with E-state index in [0.29, 0.717) is 5.52 Å². The molecule has 0 aliphatic heterocycles. The number of rotatable bonds is 1. The average Bonchev–Trinajstić information content (AvgIpc) is 2.45. The molecule has 0 fully saturated rings. The summed E-state index contributed by atoms with van der Waals surface area (Å²) in [6, 6.07) is 8.08. The Morgan fingerprint density at radius 2 is 2.31 bits per heavy atom. The predicted octanol–water partition coefficient (Wildman–Crippen LogP) is 1.50. The van der Waals surface area contributed by atoms with Crippen LogP contribution in [0.4, 0.5) is 0 Å². The van der Waals surface area contributed by atoms with E-state index in [2.05, 4.69) is 11.1 Å². The van der Waals surface area contributed by atoms with E-state index in [1.165, 1.54) is 11.3 Å². The van der Waals surface area contributed by atoms with Crippen molar-refractivity contribution in [2.45, 2.75) is 4.34 Å². The van der Waals surface area contributed by atoms with Gasteiger partial charge >= 0.3 is 0 Å². The van der Waals surface area contributed by atoms with Gasteiger partial charge < -0.3 is 0 Å². The van der Waals surface area contributed by atoms with E-state index in [1.54, 1.807) is 12.1 Å². The number of nitrogens with zero attached hydrogens (tertiary/aromatic N) is 1. The van der Waals surface area contributed by atoms with Crippen LogP contribution in [0, 0.1) is 6.07 Å². The largest absolute Gasteiger partial charge is 0.225 e.